The van der Waals surface area contributed by atoms with Gasteiger partial charge in [0.2, 0.25) is 0 Å². The Morgan fingerprint density at radius 1 is 1.00 bits per heavy atom. The Morgan fingerprint density at radius 2 is 1.81 bits per heavy atom. The molecule has 2 aliphatic carbocycles. The van der Waals surface area contributed by atoms with E-state index in [1.54, 1.807) is 10.5 Å². The molecular weight excluding hydrogens is 274 g/mol. The quantitative estimate of drug-likeness (QED) is 0.836. The summed E-state index contributed by atoms with van der Waals surface area (Å²) in [5, 5.41) is 3.80. The molecule has 3 unspecified atom stereocenters. The van der Waals surface area contributed by atoms with Gasteiger partial charge in [-0.3, -0.25) is 0 Å². The van der Waals surface area contributed by atoms with Gasteiger partial charge in [0.25, 0.3) is 0 Å². The molecule has 1 aromatic carbocycles. The largest absolute Gasteiger partial charge is 0.314 e. The van der Waals surface area contributed by atoms with E-state index < -0.39 is 0 Å². The molecule has 0 radical (unpaired) electrons. The number of hydrogen-bond acceptors (Lipinski definition) is 2. The van der Waals surface area contributed by atoms with Gasteiger partial charge in [-0.2, -0.15) is 0 Å². The summed E-state index contributed by atoms with van der Waals surface area (Å²) in [5.74, 6) is 4.04. The Kier molecular flexibility index (Phi) is 4.27. The molecule has 0 bridgehead atoms. The van der Waals surface area contributed by atoms with Gasteiger partial charge in [-0.25, -0.2) is 0 Å². The van der Waals surface area contributed by atoms with Crippen molar-refractivity contribution in [3.05, 3.63) is 29.8 Å². The van der Waals surface area contributed by atoms with Crippen molar-refractivity contribution in [1.29, 1.82) is 0 Å². The van der Waals surface area contributed by atoms with Gasteiger partial charge in [0.05, 0.1) is 0 Å². The summed E-state index contributed by atoms with van der Waals surface area (Å²) < 4.78 is 0. The number of rotatable bonds is 5. The topological polar surface area (TPSA) is 12.0 Å². The maximum Gasteiger partial charge on any atom is 0.0107 e. The van der Waals surface area contributed by atoms with Crippen LogP contribution in [0.15, 0.2) is 29.2 Å². The highest BCUT2D eigenvalue weighted by Crippen LogP contribution is 2.45. The van der Waals surface area contributed by atoms with Gasteiger partial charge in [-0.05, 0) is 61.6 Å². The first-order valence-corrected chi connectivity index (χ1v) is 9.84. The Labute approximate surface area is 133 Å². The zero-order chi connectivity index (χ0) is 14.1. The molecule has 1 nitrogen and oxygen atoms in total. The normalized spacial score (nSPS) is 32.1. The van der Waals surface area contributed by atoms with Crippen molar-refractivity contribution < 1.29 is 0 Å². The van der Waals surface area contributed by atoms with E-state index in [1.807, 2.05) is 0 Å². The smallest absolute Gasteiger partial charge is 0.0107 e. The van der Waals surface area contributed by atoms with Gasteiger partial charge >= 0.3 is 0 Å². The number of fused-ring (bicyclic) bond motifs is 1. The summed E-state index contributed by atoms with van der Waals surface area (Å²) >= 11 is 2.08. The first kappa shape index (κ1) is 14.1. The standard InChI is InChI=1S/C19H27NS/c1-2-6-15(12-20-17-9-10-17)14(5-1)11-16-13-21-19-8-4-3-7-18(16)19/h3-4,7-8,14-17,20H,1-2,5-6,9-13H2. The van der Waals surface area contributed by atoms with Crippen LogP contribution >= 0.6 is 11.8 Å². The summed E-state index contributed by atoms with van der Waals surface area (Å²) in [4.78, 5) is 1.55. The number of hydrogen-bond donors (Lipinski definition) is 1. The SMILES string of the molecule is c1ccc2c(c1)SCC2CC1CCCCC1CNC1CC1. The molecular formula is C19H27NS. The van der Waals surface area contributed by atoms with Gasteiger partial charge in [-0.15, -0.1) is 11.8 Å². The lowest BCUT2D eigenvalue weighted by molar-refractivity contribution is 0.209. The lowest BCUT2D eigenvalue weighted by atomic mass is 9.74. The van der Waals surface area contributed by atoms with Crippen molar-refractivity contribution in [2.24, 2.45) is 11.8 Å². The van der Waals surface area contributed by atoms with Crippen molar-refractivity contribution >= 4 is 11.8 Å². The molecule has 2 saturated carbocycles. The summed E-state index contributed by atoms with van der Waals surface area (Å²) in [7, 11) is 0. The fraction of sp³-hybridized carbons (Fsp3) is 0.684. The van der Waals surface area contributed by atoms with E-state index in [0.29, 0.717) is 0 Å². The Morgan fingerprint density at radius 3 is 2.67 bits per heavy atom. The average molecular weight is 301 g/mol. The zero-order valence-electron chi connectivity index (χ0n) is 12.9. The average Bonchev–Trinajstić information content (AvgIpc) is 3.27. The van der Waals surface area contributed by atoms with Crippen molar-refractivity contribution in [2.45, 2.75) is 61.8 Å². The second kappa shape index (κ2) is 6.34. The predicted octanol–water partition coefficient (Wildman–Crippen LogP) is 4.82. The molecule has 21 heavy (non-hydrogen) atoms. The Balaban J connectivity index is 1.39. The van der Waals surface area contributed by atoms with Crippen LogP contribution in [0.3, 0.4) is 0 Å². The highest BCUT2D eigenvalue weighted by molar-refractivity contribution is 7.99. The lowest BCUT2D eigenvalue weighted by Crippen LogP contribution is -2.32. The van der Waals surface area contributed by atoms with Crippen LogP contribution in [0, 0.1) is 11.8 Å². The van der Waals surface area contributed by atoms with E-state index in [1.165, 1.54) is 57.2 Å². The van der Waals surface area contributed by atoms with Crippen LogP contribution < -0.4 is 5.32 Å². The van der Waals surface area contributed by atoms with Crippen LogP contribution in [0.2, 0.25) is 0 Å². The third kappa shape index (κ3) is 3.32. The van der Waals surface area contributed by atoms with E-state index in [9.17, 15) is 0 Å². The first-order valence-electron chi connectivity index (χ1n) is 8.85. The molecule has 0 aromatic heterocycles. The second-order valence-corrected chi connectivity index (χ2v) is 8.33. The summed E-state index contributed by atoms with van der Waals surface area (Å²) in [6.45, 7) is 1.29. The fourth-order valence-corrected chi connectivity index (χ4v) is 5.53. The van der Waals surface area contributed by atoms with Crippen molar-refractivity contribution in [3.63, 3.8) is 0 Å². The minimum absolute atomic E-state index is 0.817. The number of benzene rings is 1. The van der Waals surface area contributed by atoms with Crippen LogP contribution in [-0.2, 0) is 0 Å². The van der Waals surface area contributed by atoms with Crippen LogP contribution in [-0.4, -0.2) is 18.3 Å². The van der Waals surface area contributed by atoms with Crippen molar-refractivity contribution in [3.8, 4) is 0 Å². The highest BCUT2D eigenvalue weighted by atomic mass is 32.2. The van der Waals surface area contributed by atoms with E-state index in [0.717, 1.165) is 23.8 Å². The van der Waals surface area contributed by atoms with E-state index in [4.69, 9.17) is 0 Å². The molecule has 3 atom stereocenters. The van der Waals surface area contributed by atoms with Gasteiger partial charge in [0.1, 0.15) is 0 Å². The van der Waals surface area contributed by atoms with Crippen molar-refractivity contribution in [2.75, 3.05) is 12.3 Å². The summed E-state index contributed by atoms with van der Waals surface area (Å²) in [6, 6.07) is 9.98. The number of nitrogens with one attached hydrogen (secondary N) is 1. The molecule has 2 fully saturated rings. The van der Waals surface area contributed by atoms with E-state index >= 15 is 0 Å². The summed E-state index contributed by atoms with van der Waals surface area (Å²) in [5.41, 5.74) is 1.64. The second-order valence-electron chi connectivity index (χ2n) is 7.27. The van der Waals surface area contributed by atoms with Gasteiger partial charge < -0.3 is 5.32 Å². The number of thioether (sulfide) groups is 1. The maximum atomic E-state index is 3.80. The van der Waals surface area contributed by atoms with Crippen LogP contribution in [0.4, 0.5) is 0 Å². The third-order valence-electron chi connectivity index (χ3n) is 5.70. The van der Waals surface area contributed by atoms with Crippen LogP contribution in [0.1, 0.15) is 56.4 Å². The lowest BCUT2D eigenvalue weighted by Gasteiger charge is -2.33. The molecule has 4 rings (SSSR count). The van der Waals surface area contributed by atoms with E-state index in [-0.39, 0.29) is 0 Å². The molecule has 0 amide bonds. The van der Waals surface area contributed by atoms with Gasteiger partial charge in [0, 0.05) is 16.7 Å². The molecule has 0 saturated heterocycles. The van der Waals surface area contributed by atoms with Gasteiger partial charge in [0.15, 0.2) is 0 Å². The third-order valence-corrected chi connectivity index (χ3v) is 6.95. The van der Waals surface area contributed by atoms with E-state index in [2.05, 4.69) is 41.3 Å². The zero-order valence-corrected chi connectivity index (χ0v) is 13.7. The molecule has 114 valence electrons. The molecule has 1 aromatic rings. The first-order chi connectivity index (χ1) is 10.4. The predicted molar refractivity (Wildman–Crippen MR) is 91.0 cm³/mol. The summed E-state index contributed by atoms with van der Waals surface area (Å²) in [6.07, 6.45) is 10.1. The monoisotopic (exact) mass is 301 g/mol. The molecule has 1 aliphatic heterocycles. The van der Waals surface area contributed by atoms with Gasteiger partial charge in [-0.1, -0.05) is 37.5 Å². The fourth-order valence-electron chi connectivity index (χ4n) is 4.26. The molecule has 2 heteroatoms. The van der Waals surface area contributed by atoms with Crippen LogP contribution in [0.5, 0.6) is 0 Å². The maximum absolute atomic E-state index is 3.80. The van der Waals surface area contributed by atoms with Crippen LogP contribution in [0.25, 0.3) is 0 Å². The Hall–Kier alpha value is -0.470. The Bertz CT molecular complexity index is 482. The molecule has 1 N–H and O–H groups in total. The minimum atomic E-state index is 0.817. The molecule has 0 spiro atoms. The molecule has 3 aliphatic rings. The minimum Gasteiger partial charge on any atom is -0.314 e. The molecule has 1 heterocycles. The van der Waals surface area contributed by atoms with Crippen molar-refractivity contribution in [1.82, 2.24) is 5.32 Å². The highest BCUT2D eigenvalue weighted by Gasteiger charge is 2.32.